The van der Waals surface area contributed by atoms with Gasteiger partial charge in [0.25, 0.3) is 0 Å². The minimum absolute atomic E-state index is 0. The molecule has 1 aromatic carbocycles. The highest BCUT2D eigenvalue weighted by molar-refractivity contribution is 5.85. The molecule has 0 saturated carbocycles. The zero-order valence-electron chi connectivity index (χ0n) is 9.84. The van der Waals surface area contributed by atoms with Crippen LogP contribution >= 0.6 is 24.8 Å². The SMILES string of the molecule is Cl.Cl.c1ccc(CN2C3CCC2CNC3)cc1. The third-order valence-corrected chi connectivity index (χ3v) is 3.74. The smallest absolute Gasteiger partial charge is 0.0240 e. The van der Waals surface area contributed by atoms with Gasteiger partial charge in [-0.05, 0) is 18.4 Å². The van der Waals surface area contributed by atoms with E-state index < -0.39 is 0 Å². The molecule has 0 aromatic heterocycles. The first kappa shape index (κ1) is 14.8. The Morgan fingerprint density at radius 3 is 2.18 bits per heavy atom. The predicted molar refractivity (Wildman–Crippen MR) is 76.2 cm³/mol. The number of nitrogens with zero attached hydrogens (tertiary/aromatic N) is 1. The Morgan fingerprint density at radius 2 is 1.59 bits per heavy atom. The van der Waals surface area contributed by atoms with Crippen LogP contribution in [0.1, 0.15) is 18.4 Å². The van der Waals surface area contributed by atoms with Crippen LogP contribution in [0.4, 0.5) is 0 Å². The number of piperazine rings is 1. The van der Waals surface area contributed by atoms with Crippen LogP contribution < -0.4 is 5.32 Å². The van der Waals surface area contributed by atoms with Crippen LogP contribution in [0.3, 0.4) is 0 Å². The van der Waals surface area contributed by atoms with Crippen molar-refractivity contribution >= 4 is 24.8 Å². The molecule has 2 fully saturated rings. The van der Waals surface area contributed by atoms with Crippen LogP contribution in [-0.4, -0.2) is 30.1 Å². The fraction of sp³-hybridized carbons (Fsp3) is 0.538. The van der Waals surface area contributed by atoms with E-state index >= 15 is 0 Å². The summed E-state index contributed by atoms with van der Waals surface area (Å²) in [6.07, 6.45) is 2.76. The van der Waals surface area contributed by atoms with Crippen molar-refractivity contribution in [1.29, 1.82) is 0 Å². The molecule has 2 aliphatic rings. The van der Waals surface area contributed by atoms with E-state index in [4.69, 9.17) is 0 Å². The van der Waals surface area contributed by atoms with Crippen LogP contribution in [0, 0.1) is 0 Å². The van der Waals surface area contributed by atoms with Crippen molar-refractivity contribution in [2.45, 2.75) is 31.5 Å². The molecule has 4 heteroatoms. The molecule has 2 aliphatic heterocycles. The maximum absolute atomic E-state index is 3.52. The summed E-state index contributed by atoms with van der Waals surface area (Å²) in [5.74, 6) is 0. The predicted octanol–water partition coefficient (Wildman–Crippen LogP) is 2.47. The summed E-state index contributed by atoms with van der Waals surface area (Å²) < 4.78 is 0. The van der Waals surface area contributed by atoms with Gasteiger partial charge in [-0.2, -0.15) is 0 Å². The van der Waals surface area contributed by atoms with Gasteiger partial charge in [0, 0.05) is 31.7 Å². The van der Waals surface area contributed by atoms with Crippen molar-refractivity contribution in [2.24, 2.45) is 0 Å². The number of rotatable bonds is 2. The van der Waals surface area contributed by atoms with Gasteiger partial charge in [0.05, 0.1) is 0 Å². The number of fused-ring (bicyclic) bond motifs is 2. The van der Waals surface area contributed by atoms with Crippen LogP contribution in [0.25, 0.3) is 0 Å². The number of hydrogen-bond donors (Lipinski definition) is 1. The van der Waals surface area contributed by atoms with E-state index in [9.17, 15) is 0 Å². The first-order chi connectivity index (χ1) is 7.43. The normalized spacial score (nSPS) is 27.1. The molecule has 3 rings (SSSR count). The van der Waals surface area contributed by atoms with Crippen molar-refractivity contribution < 1.29 is 0 Å². The van der Waals surface area contributed by atoms with Gasteiger partial charge in [0.1, 0.15) is 0 Å². The average molecular weight is 275 g/mol. The lowest BCUT2D eigenvalue weighted by Crippen LogP contribution is -2.51. The van der Waals surface area contributed by atoms with Crippen LogP contribution in [0.2, 0.25) is 0 Å². The third-order valence-electron chi connectivity index (χ3n) is 3.74. The highest BCUT2D eigenvalue weighted by Crippen LogP contribution is 2.28. The van der Waals surface area contributed by atoms with Crippen LogP contribution in [0.5, 0.6) is 0 Å². The molecular formula is C13H20Cl2N2. The minimum atomic E-state index is 0. The second kappa shape index (κ2) is 6.60. The second-order valence-electron chi connectivity index (χ2n) is 4.70. The highest BCUT2D eigenvalue weighted by Gasteiger charge is 2.35. The molecule has 2 unspecified atom stereocenters. The fourth-order valence-corrected chi connectivity index (χ4v) is 2.92. The van der Waals surface area contributed by atoms with E-state index in [0.717, 1.165) is 18.6 Å². The lowest BCUT2D eigenvalue weighted by atomic mass is 10.1. The van der Waals surface area contributed by atoms with Gasteiger partial charge in [-0.1, -0.05) is 30.3 Å². The summed E-state index contributed by atoms with van der Waals surface area (Å²) in [7, 11) is 0. The number of benzene rings is 1. The Hall–Kier alpha value is -0.280. The van der Waals surface area contributed by atoms with E-state index in [1.807, 2.05) is 0 Å². The Kier molecular flexibility index (Phi) is 5.74. The van der Waals surface area contributed by atoms with E-state index in [0.29, 0.717) is 0 Å². The van der Waals surface area contributed by atoms with Gasteiger partial charge < -0.3 is 5.32 Å². The number of halogens is 2. The summed E-state index contributed by atoms with van der Waals surface area (Å²) >= 11 is 0. The zero-order valence-corrected chi connectivity index (χ0v) is 11.5. The van der Waals surface area contributed by atoms with Gasteiger partial charge >= 0.3 is 0 Å². The Balaban J connectivity index is 0.000000722. The van der Waals surface area contributed by atoms with E-state index in [2.05, 4.69) is 40.5 Å². The molecule has 2 saturated heterocycles. The monoisotopic (exact) mass is 274 g/mol. The van der Waals surface area contributed by atoms with E-state index in [1.54, 1.807) is 0 Å². The summed E-state index contributed by atoms with van der Waals surface area (Å²) in [6.45, 7) is 3.50. The molecule has 2 heterocycles. The first-order valence-corrected chi connectivity index (χ1v) is 5.94. The topological polar surface area (TPSA) is 15.3 Å². The van der Waals surface area contributed by atoms with Crippen molar-refractivity contribution in [3.8, 4) is 0 Å². The van der Waals surface area contributed by atoms with Gasteiger partial charge in [-0.3, -0.25) is 4.90 Å². The molecule has 2 nitrogen and oxygen atoms in total. The van der Waals surface area contributed by atoms with Crippen LogP contribution in [0.15, 0.2) is 30.3 Å². The molecule has 2 bridgehead atoms. The maximum Gasteiger partial charge on any atom is 0.0240 e. The summed E-state index contributed by atoms with van der Waals surface area (Å²) in [5, 5.41) is 3.52. The van der Waals surface area contributed by atoms with Crippen molar-refractivity contribution in [1.82, 2.24) is 10.2 Å². The van der Waals surface area contributed by atoms with Gasteiger partial charge in [-0.25, -0.2) is 0 Å². The number of hydrogen-bond acceptors (Lipinski definition) is 2. The molecule has 0 spiro atoms. The molecule has 1 aromatic rings. The third kappa shape index (κ3) is 3.14. The summed E-state index contributed by atoms with van der Waals surface area (Å²) in [5.41, 5.74) is 1.45. The summed E-state index contributed by atoms with van der Waals surface area (Å²) in [4.78, 5) is 2.69. The molecule has 17 heavy (non-hydrogen) atoms. The highest BCUT2D eigenvalue weighted by atomic mass is 35.5. The molecule has 0 aliphatic carbocycles. The molecular weight excluding hydrogens is 255 g/mol. The van der Waals surface area contributed by atoms with Crippen molar-refractivity contribution in [3.05, 3.63) is 35.9 Å². The number of nitrogens with one attached hydrogen (secondary N) is 1. The van der Waals surface area contributed by atoms with Gasteiger partial charge in [-0.15, -0.1) is 24.8 Å². The Labute approximate surface area is 116 Å². The second-order valence-corrected chi connectivity index (χ2v) is 4.70. The molecule has 96 valence electrons. The molecule has 0 amide bonds. The van der Waals surface area contributed by atoms with Crippen LogP contribution in [-0.2, 0) is 6.54 Å². The van der Waals surface area contributed by atoms with Gasteiger partial charge in [0.2, 0.25) is 0 Å². The Morgan fingerprint density at radius 1 is 1.00 bits per heavy atom. The average Bonchev–Trinajstić information content (AvgIpc) is 2.53. The lowest BCUT2D eigenvalue weighted by Gasteiger charge is -2.35. The Bertz CT molecular complexity index is 315. The fourth-order valence-electron chi connectivity index (χ4n) is 2.92. The standard InChI is InChI=1S/C13H18N2.2ClH/c1-2-4-11(5-3-1)10-15-12-6-7-13(15)9-14-8-12;;/h1-5,12-14H,6-10H2;2*1H. The quantitative estimate of drug-likeness (QED) is 0.892. The molecule has 2 atom stereocenters. The maximum atomic E-state index is 3.52. The van der Waals surface area contributed by atoms with Gasteiger partial charge in [0.15, 0.2) is 0 Å². The molecule has 1 N–H and O–H groups in total. The minimum Gasteiger partial charge on any atom is -0.314 e. The largest absolute Gasteiger partial charge is 0.314 e. The zero-order chi connectivity index (χ0) is 10.1. The first-order valence-electron chi connectivity index (χ1n) is 5.94. The van der Waals surface area contributed by atoms with Crippen molar-refractivity contribution in [3.63, 3.8) is 0 Å². The van der Waals surface area contributed by atoms with Crippen molar-refractivity contribution in [2.75, 3.05) is 13.1 Å². The van der Waals surface area contributed by atoms with E-state index in [-0.39, 0.29) is 24.8 Å². The molecule has 0 radical (unpaired) electrons. The van der Waals surface area contributed by atoms with E-state index in [1.165, 1.54) is 31.5 Å². The lowest BCUT2D eigenvalue weighted by molar-refractivity contribution is 0.145. The summed E-state index contributed by atoms with van der Waals surface area (Å²) in [6, 6.07) is 12.4.